The molecule has 0 heterocycles. The first-order valence-electron chi connectivity index (χ1n) is 3.59. The van der Waals surface area contributed by atoms with Crippen LogP contribution in [0, 0.1) is 11.6 Å². The molecule has 0 fully saturated rings. The fourth-order valence-corrected chi connectivity index (χ4v) is 1.51. The van der Waals surface area contributed by atoms with Gasteiger partial charge in [-0.25, -0.2) is 8.78 Å². The molecule has 0 aromatic heterocycles. The minimum absolute atomic E-state index is 0.0380. The van der Waals surface area contributed by atoms with Gasteiger partial charge in [0, 0.05) is 6.54 Å². The lowest BCUT2D eigenvalue weighted by molar-refractivity contribution is 0.185. The first-order valence-corrected chi connectivity index (χ1v) is 4.38. The van der Waals surface area contributed by atoms with Gasteiger partial charge in [0.25, 0.3) is 0 Å². The minimum Gasteiger partial charge on any atom is -0.387 e. The Morgan fingerprint density at radius 3 is 2.62 bits per heavy atom. The third-order valence-electron chi connectivity index (χ3n) is 1.65. The smallest absolute Gasteiger partial charge is 0.173 e. The number of aliphatic hydroxyl groups is 1. The molecule has 0 spiro atoms. The molecule has 0 aliphatic heterocycles. The summed E-state index contributed by atoms with van der Waals surface area (Å²) in [5, 5.41) is 9.28. The van der Waals surface area contributed by atoms with Crippen LogP contribution >= 0.6 is 15.9 Å². The van der Waals surface area contributed by atoms with Crippen LogP contribution in [0.3, 0.4) is 0 Å². The maximum atomic E-state index is 12.9. The van der Waals surface area contributed by atoms with Gasteiger partial charge in [0.2, 0.25) is 0 Å². The number of nitrogens with two attached hydrogens (primary N) is 1. The molecule has 5 heteroatoms. The molecule has 0 aliphatic rings. The van der Waals surface area contributed by atoms with Crippen LogP contribution in [-0.4, -0.2) is 11.7 Å². The quantitative estimate of drug-likeness (QED) is 0.787. The number of hydrogen-bond donors (Lipinski definition) is 2. The Kier molecular flexibility index (Phi) is 3.35. The van der Waals surface area contributed by atoms with E-state index in [0.29, 0.717) is 0 Å². The zero-order chi connectivity index (χ0) is 10.0. The Bertz CT molecular complexity index is 319. The summed E-state index contributed by atoms with van der Waals surface area (Å²) in [5.41, 5.74) is 5.43. The molecule has 1 unspecified atom stereocenters. The topological polar surface area (TPSA) is 46.2 Å². The van der Waals surface area contributed by atoms with Gasteiger partial charge in [-0.15, -0.1) is 0 Å². The molecule has 0 saturated heterocycles. The van der Waals surface area contributed by atoms with Crippen LogP contribution < -0.4 is 5.73 Å². The molecule has 0 amide bonds. The molecule has 1 rings (SSSR count). The van der Waals surface area contributed by atoms with E-state index < -0.39 is 17.7 Å². The van der Waals surface area contributed by atoms with Crippen molar-refractivity contribution in [3.63, 3.8) is 0 Å². The van der Waals surface area contributed by atoms with Gasteiger partial charge in [-0.3, -0.25) is 0 Å². The van der Waals surface area contributed by atoms with Crippen molar-refractivity contribution in [1.29, 1.82) is 0 Å². The third-order valence-corrected chi connectivity index (χ3v) is 2.45. The molecule has 3 N–H and O–H groups in total. The molecule has 0 aliphatic carbocycles. The van der Waals surface area contributed by atoms with Gasteiger partial charge < -0.3 is 10.8 Å². The summed E-state index contributed by atoms with van der Waals surface area (Å²) in [5.74, 6) is -1.97. The van der Waals surface area contributed by atoms with Crippen LogP contribution in [0.25, 0.3) is 0 Å². The summed E-state index contributed by atoms with van der Waals surface area (Å²) in [7, 11) is 0. The van der Waals surface area contributed by atoms with Crippen molar-refractivity contribution in [2.75, 3.05) is 6.54 Å². The van der Waals surface area contributed by atoms with Crippen molar-refractivity contribution in [2.45, 2.75) is 6.10 Å². The molecule has 1 aromatic carbocycles. The summed E-state index contributed by atoms with van der Waals surface area (Å²) < 4.78 is 25.4. The minimum atomic E-state index is -1.01. The van der Waals surface area contributed by atoms with Gasteiger partial charge in [0.15, 0.2) is 11.6 Å². The molecule has 0 radical (unpaired) electrons. The Balaban J connectivity index is 3.18. The van der Waals surface area contributed by atoms with E-state index in [9.17, 15) is 13.9 Å². The lowest BCUT2D eigenvalue weighted by atomic mass is 10.1. The predicted molar refractivity (Wildman–Crippen MR) is 48.1 cm³/mol. The highest BCUT2D eigenvalue weighted by Crippen LogP contribution is 2.27. The maximum absolute atomic E-state index is 12.9. The first kappa shape index (κ1) is 10.6. The van der Waals surface area contributed by atoms with E-state index in [1.807, 2.05) is 0 Å². The molecule has 2 nitrogen and oxygen atoms in total. The van der Waals surface area contributed by atoms with Crippen LogP contribution in [0.1, 0.15) is 11.7 Å². The molecule has 0 bridgehead atoms. The third kappa shape index (κ3) is 2.04. The standard InChI is InChI=1S/C8H8BrF2NO/c9-7-4(6(13)3-12)1-2-5(10)8(7)11/h1-2,6,13H,3,12H2. The van der Waals surface area contributed by atoms with Gasteiger partial charge in [-0.05, 0) is 27.6 Å². The summed E-state index contributed by atoms with van der Waals surface area (Å²) in [4.78, 5) is 0. The summed E-state index contributed by atoms with van der Waals surface area (Å²) in [6, 6.07) is 2.24. The Hall–Kier alpha value is -0.520. The normalized spacial score (nSPS) is 13.0. The highest BCUT2D eigenvalue weighted by Gasteiger charge is 2.15. The lowest BCUT2D eigenvalue weighted by Crippen LogP contribution is -2.12. The second-order valence-electron chi connectivity index (χ2n) is 2.52. The largest absolute Gasteiger partial charge is 0.387 e. The van der Waals surface area contributed by atoms with E-state index in [2.05, 4.69) is 15.9 Å². The van der Waals surface area contributed by atoms with E-state index >= 15 is 0 Å². The van der Waals surface area contributed by atoms with Crippen molar-refractivity contribution in [3.05, 3.63) is 33.8 Å². The second-order valence-corrected chi connectivity index (χ2v) is 3.31. The SMILES string of the molecule is NCC(O)c1ccc(F)c(F)c1Br. The summed E-state index contributed by atoms with van der Waals surface area (Å²) in [6.45, 7) is -0.0380. The fourth-order valence-electron chi connectivity index (χ4n) is 0.925. The van der Waals surface area contributed by atoms with Crippen LogP contribution in [-0.2, 0) is 0 Å². The van der Waals surface area contributed by atoms with E-state index in [1.165, 1.54) is 6.07 Å². The number of halogens is 3. The summed E-state index contributed by atoms with van der Waals surface area (Å²) in [6.07, 6.45) is -0.982. The Morgan fingerprint density at radius 2 is 2.08 bits per heavy atom. The fraction of sp³-hybridized carbons (Fsp3) is 0.250. The average molecular weight is 252 g/mol. The van der Waals surface area contributed by atoms with Crippen LogP contribution in [0.5, 0.6) is 0 Å². The van der Waals surface area contributed by atoms with Crippen LogP contribution in [0.4, 0.5) is 8.78 Å². The zero-order valence-electron chi connectivity index (χ0n) is 6.60. The van der Waals surface area contributed by atoms with Gasteiger partial charge in [0.1, 0.15) is 0 Å². The first-order chi connectivity index (χ1) is 6.07. The maximum Gasteiger partial charge on any atom is 0.173 e. The average Bonchev–Trinajstić information content (AvgIpc) is 2.13. The predicted octanol–water partition coefficient (Wildman–Crippen LogP) is 1.72. The lowest BCUT2D eigenvalue weighted by Gasteiger charge is -2.10. The van der Waals surface area contributed by atoms with Crippen molar-refractivity contribution in [2.24, 2.45) is 5.73 Å². The van der Waals surface area contributed by atoms with Gasteiger partial charge >= 0.3 is 0 Å². The van der Waals surface area contributed by atoms with Gasteiger partial charge in [-0.1, -0.05) is 6.07 Å². The summed E-state index contributed by atoms with van der Waals surface area (Å²) >= 11 is 2.84. The highest BCUT2D eigenvalue weighted by atomic mass is 79.9. The molecular weight excluding hydrogens is 244 g/mol. The number of hydrogen-bond acceptors (Lipinski definition) is 2. The highest BCUT2D eigenvalue weighted by molar-refractivity contribution is 9.10. The molecule has 1 atom stereocenters. The molecule has 72 valence electrons. The van der Waals surface area contributed by atoms with E-state index in [1.54, 1.807) is 0 Å². The molecule has 0 saturated carbocycles. The van der Waals surface area contributed by atoms with Crippen LogP contribution in [0.15, 0.2) is 16.6 Å². The zero-order valence-corrected chi connectivity index (χ0v) is 8.18. The Morgan fingerprint density at radius 1 is 1.46 bits per heavy atom. The number of rotatable bonds is 2. The van der Waals surface area contributed by atoms with E-state index in [-0.39, 0.29) is 16.6 Å². The molecular formula is C8H8BrF2NO. The van der Waals surface area contributed by atoms with E-state index in [0.717, 1.165) is 6.07 Å². The van der Waals surface area contributed by atoms with Crippen molar-refractivity contribution in [3.8, 4) is 0 Å². The Labute approximate surface area is 82.5 Å². The van der Waals surface area contributed by atoms with Crippen molar-refractivity contribution in [1.82, 2.24) is 0 Å². The number of aliphatic hydroxyl groups excluding tert-OH is 1. The van der Waals surface area contributed by atoms with Gasteiger partial charge in [0.05, 0.1) is 10.6 Å². The molecule has 13 heavy (non-hydrogen) atoms. The van der Waals surface area contributed by atoms with Crippen molar-refractivity contribution >= 4 is 15.9 Å². The van der Waals surface area contributed by atoms with Gasteiger partial charge in [-0.2, -0.15) is 0 Å². The molecule has 1 aromatic rings. The van der Waals surface area contributed by atoms with Crippen molar-refractivity contribution < 1.29 is 13.9 Å². The number of benzene rings is 1. The van der Waals surface area contributed by atoms with E-state index in [4.69, 9.17) is 5.73 Å². The van der Waals surface area contributed by atoms with Crippen LogP contribution in [0.2, 0.25) is 0 Å². The second kappa shape index (κ2) is 4.13. The monoisotopic (exact) mass is 251 g/mol.